The zero-order chi connectivity index (χ0) is 13.3. The highest BCUT2D eigenvalue weighted by Gasteiger charge is 1.90. The van der Waals surface area contributed by atoms with E-state index in [1.54, 1.807) is 0 Å². The van der Waals surface area contributed by atoms with Crippen molar-refractivity contribution in [1.29, 1.82) is 0 Å². The lowest BCUT2D eigenvalue weighted by Gasteiger charge is -2.00. The van der Waals surface area contributed by atoms with E-state index < -0.39 is 0 Å². The zero-order valence-corrected chi connectivity index (χ0v) is 12.5. The van der Waals surface area contributed by atoms with E-state index in [2.05, 4.69) is 32.1 Å². The summed E-state index contributed by atoms with van der Waals surface area (Å²) in [5.41, 5.74) is 0. The highest BCUT2D eigenvalue weighted by Crippen LogP contribution is 2.10. The van der Waals surface area contributed by atoms with Crippen LogP contribution in [0.1, 0.15) is 84.0 Å². The van der Waals surface area contributed by atoms with Crippen molar-refractivity contribution in [2.24, 2.45) is 0 Å². The standard InChI is InChI=1S/C18H33/c1-3-5-7-9-11-13-15-17-18-16-14-12-10-8-6-4-2/h3,5,10,12H,1,4,6-9,11,13-18H2,2H3/b5-3+,12-10-. The SMILES string of the molecule is [CH2]/C=C/CCCCCCCCC/C=C\CCCC. The molecule has 0 spiro atoms. The average molecular weight is 249 g/mol. The van der Waals surface area contributed by atoms with Gasteiger partial charge in [0.05, 0.1) is 0 Å². The molecule has 0 saturated heterocycles. The Morgan fingerprint density at radius 3 is 1.56 bits per heavy atom. The number of rotatable bonds is 13. The summed E-state index contributed by atoms with van der Waals surface area (Å²) in [6, 6.07) is 0. The molecule has 18 heavy (non-hydrogen) atoms. The van der Waals surface area contributed by atoms with Crippen molar-refractivity contribution in [3.63, 3.8) is 0 Å². The molecule has 0 rings (SSSR count). The van der Waals surface area contributed by atoms with Gasteiger partial charge in [0.15, 0.2) is 0 Å². The normalized spacial score (nSPS) is 11.9. The minimum atomic E-state index is 1.21. The van der Waals surface area contributed by atoms with Crippen molar-refractivity contribution in [3.8, 4) is 0 Å². The molecule has 0 nitrogen and oxygen atoms in total. The monoisotopic (exact) mass is 249 g/mol. The van der Waals surface area contributed by atoms with Gasteiger partial charge in [-0.3, -0.25) is 0 Å². The lowest BCUT2D eigenvalue weighted by molar-refractivity contribution is 0.583. The van der Waals surface area contributed by atoms with Gasteiger partial charge in [0.1, 0.15) is 0 Å². The maximum absolute atomic E-state index is 3.70. The Morgan fingerprint density at radius 1 is 0.611 bits per heavy atom. The molecule has 105 valence electrons. The Balaban J connectivity index is 3.00. The molecule has 0 unspecified atom stereocenters. The largest absolute Gasteiger partial charge is 0.0885 e. The minimum absolute atomic E-state index is 1.21. The van der Waals surface area contributed by atoms with Gasteiger partial charge < -0.3 is 0 Å². The molecule has 0 atom stereocenters. The van der Waals surface area contributed by atoms with E-state index >= 15 is 0 Å². The van der Waals surface area contributed by atoms with E-state index in [4.69, 9.17) is 0 Å². The highest BCUT2D eigenvalue weighted by atomic mass is 14.0. The Hall–Kier alpha value is -0.520. The Bertz CT molecular complexity index is 188. The van der Waals surface area contributed by atoms with Crippen molar-refractivity contribution in [3.05, 3.63) is 31.2 Å². The van der Waals surface area contributed by atoms with Gasteiger partial charge in [-0.2, -0.15) is 0 Å². The quantitative estimate of drug-likeness (QED) is 0.254. The van der Waals surface area contributed by atoms with Gasteiger partial charge in [0.2, 0.25) is 0 Å². The molecular formula is C18H33. The van der Waals surface area contributed by atoms with Gasteiger partial charge in [-0.15, -0.1) is 0 Å². The Labute approximate surface area is 116 Å². The van der Waals surface area contributed by atoms with E-state index in [1.807, 2.05) is 6.08 Å². The van der Waals surface area contributed by atoms with Crippen LogP contribution in [0.2, 0.25) is 0 Å². The summed E-state index contributed by atoms with van der Waals surface area (Å²) in [6.45, 7) is 5.95. The maximum Gasteiger partial charge on any atom is -0.0316 e. The zero-order valence-electron chi connectivity index (χ0n) is 12.5. The maximum atomic E-state index is 3.70. The number of allylic oxidation sites excluding steroid dienone is 4. The van der Waals surface area contributed by atoms with Gasteiger partial charge in [0.25, 0.3) is 0 Å². The van der Waals surface area contributed by atoms with Crippen molar-refractivity contribution < 1.29 is 0 Å². The highest BCUT2D eigenvalue weighted by molar-refractivity contribution is 4.83. The van der Waals surface area contributed by atoms with Crippen LogP contribution in [-0.2, 0) is 0 Å². The molecule has 1 radical (unpaired) electrons. The molecule has 0 heterocycles. The van der Waals surface area contributed by atoms with Gasteiger partial charge in [-0.1, -0.05) is 76.2 Å². The molecule has 0 aliphatic heterocycles. The van der Waals surface area contributed by atoms with Crippen molar-refractivity contribution in [2.45, 2.75) is 84.0 Å². The fraction of sp³-hybridized carbons (Fsp3) is 0.722. The number of hydrogen-bond acceptors (Lipinski definition) is 0. The Morgan fingerprint density at radius 2 is 1.06 bits per heavy atom. The van der Waals surface area contributed by atoms with Crippen LogP contribution in [0.5, 0.6) is 0 Å². The first-order valence-corrected chi connectivity index (χ1v) is 8.01. The second-order valence-corrected chi connectivity index (χ2v) is 5.14. The van der Waals surface area contributed by atoms with Crippen LogP contribution in [0.15, 0.2) is 24.3 Å². The van der Waals surface area contributed by atoms with E-state index in [0.29, 0.717) is 0 Å². The van der Waals surface area contributed by atoms with Gasteiger partial charge in [-0.25, -0.2) is 0 Å². The molecule has 0 fully saturated rings. The fourth-order valence-corrected chi connectivity index (χ4v) is 2.08. The summed E-state index contributed by atoms with van der Waals surface area (Å²) in [6.07, 6.45) is 25.0. The van der Waals surface area contributed by atoms with E-state index in [-0.39, 0.29) is 0 Å². The van der Waals surface area contributed by atoms with Gasteiger partial charge in [-0.05, 0) is 39.0 Å². The molecule has 0 aromatic heterocycles. The van der Waals surface area contributed by atoms with Crippen molar-refractivity contribution >= 4 is 0 Å². The summed E-state index contributed by atoms with van der Waals surface area (Å²) >= 11 is 0. The summed E-state index contributed by atoms with van der Waals surface area (Å²) in [4.78, 5) is 0. The van der Waals surface area contributed by atoms with Crippen LogP contribution in [0.4, 0.5) is 0 Å². The number of hydrogen-bond donors (Lipinski definition) is 0. The van der Waals surface area contributed by atoms with Crippen LogP contribution in [0.3, 0.4) is 0 Å². The summed E-state index contributed by atoms with van der Waals surface area (Å²) in [5.74, 6) is 0. The second kappa shape index (κ2) is 16.5. The minimum Gasteiger partial charge on any atom is -0.0885 e. The molecular weight excluding hydrogens is 216 g/mol. The molecule has 0 bridgehead atoms. The molecule has 0 saturated carbocycles. The van der Waals surface area contributed by atoms with E-state index in [1.165, 1.54) is 77.0 Å². The van der Waals surface area contributed by atoms with E-state index in [0.717, 1.165) is 0 Å². The smallest absolute Gasteiger partial charge is 0.0316 e. The average Bonchev–Trinajstić information content (AvgIpc) is 2.39. The molecule has 0 N–H and O–H groups in total. The number of unbranched alkanes of at least 4 members (excludes halogenated alkanes) is 10. The third-order valence-electron chi connectivity index (χ3n) is 3.30. The lowest BCUT2D eigenvalue weighted by atomic mass is 10.1. The summed E-state index contributed by atoms with van der Waals surface area (Å²) in [7, 11) is 0. The fourth-order valence-electron chi connectivity index (χ4n) is 2.08. The first-order chi connectivity index (χ1) is 8.91. The summed E-state index contributed by atoms with van der Waals surface area (Å²) < 4.78 is 0. The Kier molecular flexibility index (Phi) is 16.0. The van der Waals surface area contributed by atoms with Crippen LogP contribution >= 0.6 is 0 Å². The topological polar surface area (TPSA) is 0 Å². The first kappa shape index (κ1) is 17.5. The van der Waals surface area contributed by atoms with Crippen LogP contribution in [0, 0.1) is 6.92 Å². The molecule has 0 amide bonds. The molecule has 0 aromatic carbocycles. The van der Waals surface area contributed by atoms with Crippen LogP contribution in [0.25, 0.3) is 0 Å². The lowest BCUT2D eigenvalue weighted by Crippen LogP contribution is -1.80. The van der Waals surface area contributed by atoms with Crippen LogP contribution in [-0.4, -0.2) is 0 Å². The van der Waals surface area contributed by atoms with Crippen LogP contribution < -0.4 is 0 Å². The predicted octanol–water partition coefficient (Wildman–Crippen LogP) is 6.63. The first-order valence-electron chi connectivity index (χ1n) is 8.01. The predicted molar refractivity (Wildman–Crippen MR) is 84.7 cm³/mol. The molecule has 0 aliphatic rings. The molecule has 0 aromatic rings. The third-order valence-corrected chi connectivity index (χ3v) is 3.30. The van der Waals surface area contributed by atoms with Crippen molar-refractivity contribution in [2.75, 3.05) is 0 Å². The second-order valence-electron chi connectivity index (χ2n) is 5.14. The van der Waals surface area contributed by atoms with Gasteiger partial charge in [0, 0.05) is 0 Å². The third kappa shape index (κ3) is 15.5. The summed E-state index contributed by atoms with van der Waals surface area (Å²) in [5, 5.41) is 0. The van der Waals surface area contributed by atoms with E-state index in [9.17, 15) is 0 Å². The van der Waals surface area contributed by atoms with Gasteiger partial charge >= 0.3 is 0 Å². The molecule has 0 heteroatoms. The molecule has 0 aliphatic carbocycles. The van der Waals surface area contributed by atoms with Crippen molar-refractivity contribution in [1.82, 2.24) is 0 Å².